The van der Waals surface area contributed by atoms with Crippen LogP contribution in [-0.4, -0.2) is 25.2 Å². The first-order valence-corrected chi connectivity index (χ1v) is 5.89. The Balaban J connectivity index is 2.37. The third kappa shape index (κ3) is 2.66. The molecule has 0 fully saturated rings. The van der Waals surface area contributed by atoms with Gasteiger partial charge in [-0.2, -0.15) is 5.10 Å². The Morgan fingerprint density at radius 1 is 1.56 bits per heavy atom. The summed E-state index contributed by atoms with van der Waals surface area (Å²) in [5.74, 6) is 0. The van der Waals surface area contributed by atoms with Gasteiger partial charge in [0.15, 0.2) is 5.16 Å². The third-order valence-corrected chi connectivity index (χ3v) is 3.22. The molecule has 1 unspecified atom stereocenters. The first-order chi connectivity index (χ1) is 8.58. The maximum Gasteiger partial charge on any atom is 0.283 e. The minimum atomic E-state index is -0.743. The molecule has 7 nitrogen and oxygen atoms in total. The SMILES string of the molecule is CC(O)c1ccc(Sc2ncn[nH]2)c([N+](=O)[O-])c1. The quantitative estimate of drug-likeness (QED) is 0.647. The number of rotatable bonds is 4. The van der Waals surface area contributed by atoms with E-state index in [9.17, 15) is 15.2 Å². The number of nitrogens with zero attached hydrogens (tertiary/aromatic N) is 3. The molecule has 0 aliphatic carbocycles. The number of aromatic nitrogens is 3. The predicted octanol–water partition coefficient (Wildman–Crippen LogP) is 1.92. The van der Waals surface area contributed by atoms with Crippen LogP contribution in [0.25, 0.3) is 0 Å². The summed E-state index contributed by atoms with van der Waals surface area (Å²) in [6.07, 6.45) is 0.589. The van der Waals surface area contributed by atoms with Crippen molar-refractivity contribution in [2.45, 2.75) is 23.1 Å². The summed E-state index contributed by atoms with van der Waals surface area (Å²) in [5.41, 5.74) is 0.443. The van der Waals surface area contributed by atoms with Gasteiger partial charge in [-0.1, -0.05) is 6.07 Å². The number of aromatic amines is 1. The molecule has 0 spiro atoms. The molecule has 0 saturated carbocycles. The van der Waals surface area contributed by atoms with E-state index in [0.717, 1.165) is 11.8 Å². The molecule has 0 saturated heterocycles. The van der Waals surface area contributed by atoms with Gasteiger partial charge >= 0.3 is 0 Å². The van der Waals surface area contributed by atoms with Crippen LogP contribution in [0, 0.1) is 10.1 Å². The highest BCUT2D eigenvalue weighted by Gasteiger charge is 2.18. The van der Waals surface area contributed by atoms with Gasteiger partial charge in [-0.3, -0.25) is 15.2 Å². The molecule has 0 aliphatic rings. The van der Waals surface area contributed by atoms with Crippen LogP contribution >= 0.6 is 11.8 Å². The maximum atomic E-state index is 11.0. The number of nitrogens with one attached hydrogen (secondary N) is 1. The summed E-state index contributed by atoms with van der Waals surface area (Å²) >= 11 is 1.12. The smallest absolute Gasteiger partial charge is 0.283 e. The van der Waals surface area contributed by atoms with Crippen LogP contribution in [0.1, 0.15) is 18.6 Å². The Bertz CT molecular complexity index is 556. The lowest BCUT2D eigenvalue weighted by atomic mass is 10.1. The van der Waals surface area contributed by atoms with E-state index < -0.39 is 11.0 Å². The zero-order valence-electron chi connectivity index (χ0n) is 9.40. The number of aliphatic hydroxyl groups is 1. The fourth-order valence-electron chi connectivity index (χ4n) is 1.37. The third-order valence-electron chi connectivity index (χ3n) is 2.26. The molecule has 2 aromatic rings. The lowest BCUT2D eigenvalue weighted by Crippen LogP contribution is -1.96. The lowest BCUT2D eigenvalue weighted by molar-refractivity contribution is -0.387. The molecule has 94 valence electrons. The first-order valence-electron chi connectivity index (χ1n) is 5.07. The molecule has 0 bridgehead atoms. The maximum absolute atomic E-state index is 11.0. The van der Waals surface area contributed by atoms with Gasteiger partial charge in [-0.15, -0.1) is 0 Å². The molecule has 0 radical (unpaired) electrons. The van der Waals surface area contributed by atoms with Gasteiger partial charge in [0.1, 0.15) is 6.33 Å². The zero-order chi connectivity index (χ0) is 13.1. The van der Waals surface area contributed by atoms with Crippen molar-refractivity contribution in [3.05, 3.63) is 40.2 Å². The molecule has 2 N–H and O–H groups in total. The molecule has 1 aromatic carbocycles. The highest BCUT2D eigenvalue weighted by Crippen LogP contribution is 2.34. The van der Waals surface area contributed by atoms with Crippen molar-refractivity contribution < 1.29 is 10.0 Å². The summed E-state index contributed by atoms with van der Waals surface area (Å²) in [7, 11) is 0. The van der Waals surface area contributed by atoms with Crippen LogP contribution < -0.4 is 0 Å². The number of hydrogen-bond acceptors (Lipinski definition) is 6. The van der Waals surface area contributed by atoms with E-state index in [4.69, 9.17) is 0 Å². The topological polar surface area (TPSA) is 105 Å². The van der Waals surface area contributed by atoms with Gasteiger partial charge in [0.05, 0.1) is 15.9 Å². The van der Waals surface area contributed by atoms with Crippen molar-refractivity contribution in [1.29, 1.82) is 0 Å². The van der Waals surface area contributed by atoms with Crippen LogP contribution in [-0.2, 0) is 0 Å². The zero-order valence-corrected chi connectivity index (χ0v) is 10.2. The van der Waals surface area contributed by atoms with Crippen molar-refractivity contribution in [2.75, 3.05) is 0 Å². The highest BCUT2D eigenvalue weighted by atomic mass is 32.2. The second-order valence-corrected chi connectivity index (χ2v) is 4.58. The molecule has 1 heterocycles. The van der Waals surface area contributed by atoms with E-state index in [-0.39, 0.29) is 5.69 Å². The molecule has 2 rings (SSSR count). The van der Waals surface area contributed by atoms with Gasteiger partial charge in [0.2, 0.25) is 0 Å². The summed E-state index contributed by atoms with van der Waals surface area (Å²) in [5, 5.41) is 27.2. The molecule has 18 heavy (non-hydrogen) atoms. The van der Waals surface area contributed by atoms with Crippen molar-refractivity contribution in [2.24, 2.45) is 0 Å². The minimum Gasteiger partial charge on any atom is -0.389 e. The monoisotopic (exact) mass is 266 g/mol. The van der Waals surface area contributed by atoms with E-state index in [2.05, 4.69) is 15.2 Å². The normalized spacial score (nSPS) is 12.3. The average molecular weight is 266 g/mol. The lowest BCUT2D eigenvalue weighted by Gasteiger charge is -2.06. The van der Waals surface area contributed by atoms with E-state index in [1.165, 1.54) is 12.4 Å². The molecule has 1 aromatic heterocycles. The Hall–Kier alpha value is -1.93. The standard InChI is InChI=1S/C10H10N4O3S/c1-6(15)7-2-3-9(8(4-7)14(16)17)18-10-11-5-12-13-10/h2-6,15H,1H3,(H,11,12,13). The van der Waals surface area contributed by atoms with Crippen molar-refractivity contribution in [3.8, 4) is 0 Å². The summed E-state index contributed by atoms with van der Waals surface area (Å²) in [6, 6.07) is 4.60. The molecule has 8 heteroatoms. The van der Waals surface area contributed by atoms with E-state index in [0.29, 0.717) is 15.6 Å². The highest BCUT2D eigenvalue weighted by molar-refractivity contribution is 7.99. The van der Waals surface area contributed by atoms with Crippen LogP contribution in [0.2, 0.25) is 0 Å². The van der Waals surface area contributed by atoms with Crippen LogP contribution in [0.15, 0.2) is 34.6 Å². The number of H-pyrrole nitrogens is 1. The largest absolute Gasteiger partial charge is 0.389 e. The van der Waals surface area contributed by atoms with Gasteiger partial charge in [-0.05, 0) is 30.3 Å². The first kappa shape index (κ1) is 12.5. The Labute approximate surface area is 106 Å². The van der Waals surface area contributed by atoms with Gasteiger partial charge in [-0.25, -0.2) is 4.98 Å². The van der Waals surface area contributed by atoms with Crippen molar-refractivity contribution in [3.63, 3.8) is 0 Å². The van der Waals surface area contributed by atoms with Crippen LogP contribution in [0.5, 0.6) is 0 Å². The fourth-order valence-corrected chi connectivity index (χ4v) is 2.15. The Kier molecular flexibility index (Phi) is 3.58. The number of aliphatic hydroxyl groups excluding tert-OH is 1. The molecule has 0 aliphatic heterocycles. The van der Waals surface area contributed by atoms with Crippen molar-refractivity contribution in [1.82, 2.24) is 15.2 Å². The number of hydrogen-bond donors (Lipinski definition) is 2. The summed E-state index contributed by atoms with van der Waals surface area (Å²) < 4.78 is 0. The number of benzene rings is 1. The number of nitro groups is 1. The predicted molar refractivity (Wildman–Crippen MR) is 64.2 cm³/mol. The van der Waals surface area contributed by atoms with E-state index in [1.807, 2.05) is 0 Å². The van der Waals surface area contributed by atoms with E-state index >= 15 is 0 Å². The second-order valence-electron chi connectivity index (χ2n) is 3.55. The van der Waals surface area contributed by atoms with Crippen molar-refractivity contribution >= 4 is 17.4 Å². The molecule has 1 atom stereocenters. The van der Waals surface area contributed by atoms with Gasteiger partial charge in [0, 0.05) is 6.07 Å². The second kappa shape index (κ2) is 5.15. The summed E-state index contributed by atoms with van der Waals surface area (Å²) in [4.78, 5) is 14.8. The molecular weight excluding hydrogens is 256 g/mol. The summed E-state index contributed by atoms with van der Waals surface area (Å²) in [6.45, 7) is 1.56. The average Bonchev–Trinajstić information content (AvgIpc) is 2.81. The van der Waals surface area contributed by atoms with Gasteiger partial charge in [0.25, 0.3) is 5.69 Å². The fraction of sp³-hybridized carbons (Fsp3) is 0.200. The molecule has 0 amide bonds. The Morgan fingerprint density at radius 2 is 2.33 bits per heavy atom. The van der Waals surface area contributed by atoms with Crippen LogP contribution in [0.4, 0.5) is 5.69 Å². The molecular formula is C10H10N4O3S. The minimum absolute atomic E-state index is 0.0604. The Morgan fingerprint density at radius 3 is 2.89 bits per heavy atom. The van der Waals surface area contributed by atoms with Gasteiger partial charge < -0.3 is 5.11 Å². The number of nitro benzene ring substituents is 1. The van der Waals surface area contributed by atoms with E-state index in [1.54, 1.807) is 19.1 Å². The van der Waals surface area contributed by atoms with Crippen LogP contribution in [0.3, 0.4) is 0 Å².